The number of carbonyl (C=O) groups excluding carboxylic acids is 1. The van der Waals surface area contributed by atoms with E-state index in [9.17, 15) is 9.18 Å². The first kappa shape index (κ1) is 19.1. The van der Waals surface area contributed by atoms with Crippen LogP contribution in [0.15, 0.2) is 62.7 Å². The van der Waals surface area contributed by atoms with E-state index in [1.165, 1.54) is 17.4 Å². The fourth-order valence-electron chi connectivity index (χ4n) is 2.75. The van der Waals surface area contributed by atoms with E-state index in [4.69, 9.17) is 13.6 Å². The Morgan fingerprint density at radius 3 is 2.79 bits per heavy atom. The molecule has 1 atom stereocenters. The maximum atomic E-state index is 13.8. The lowest BCUT2D eigenvalue weighted by atomic mass is 10.1. The van der Waals surface area contributed by atoms with Crippen LogP contribution in [0, 0.1) is 5.82 Å². The summed E-state index contributed by atoms with van der Waals surface area (Å²) in [6, 6.07) is 13.5. The lowest BCUT2D eigenvalue weighted by Crippen LogP contribution is -2.10. The van der Waals surface area contributed by atoms with Crippen molar-refractivity contribution >= 4 is 17.3 Å². The van der Waals surface area contributed by atoms with E-state index < -0.39 is 12.1 Å². The van der Waals surface area contributed by atoms with Crippen LogP contribution in [0.3, 0.4) is 0 Å². The van der Waals surface area contributed by atoms with Crippen LogP contribution in [0.5, 0.6) is 0 Å². The number of carbonyl (C=O) groups is 1. The fraction of sp³-hybridized carbons (Fsp3) is 0.190. The Kier molecular flexibility index (Phi) is 5.53. The number of hydrogen-bond acceptors (Lipinski definition) is 7. The van der Waals surface area contributed by atoms with Gasteiger partial charge in [0.15, 0.2) is 6.10 Å². The van der Waals surface area contributed by atoms with Gasteiger partial charge in [-0.3, -0.25) is 4.79 Å². The lowest BCUT2D eigenvalue weighted by Gasteiger charge is -2.08. The minimum absolute atomic E-state index is 0.112. The van der Waals surface area contributed by atoms with E-state index in [1.807, 2.05) is 17.5 Å². The summed E-state index contributed by atoms with van der Waals surface area (Å²) >= 11 is 1.48. The summed E-state index contributed by atoms with van der Waals surface area (Å²) in [4.78, 5) is 13.0. The number of hydrogen-bond donors (Lipinski definition) is 0. The minimum atomic E-state index is -0.658. The maximum Gasteiger partial charge on any atom is 0.307 e. The molecule has 0 spiro atoms. The van der Waals surface area contributed by atoms with Crippen LogP contribution in [0.25, 0.3) is 22.1 Å². The fourth-order valence-corrected chi connectivity index (χ4v) is 3.39. The number of halogens is 1. The normalized spacial score (nSPS) is 12.1. The Labute approximate surface area is 170 Å². The Balaban J connectivity index is 1.32. The van der Waals surface area contributed by atoms with Crippen LogP contribution in [-0.4, -0.2) is 16.2 Å². The molecule has 0 aliphatic heterocycles. The smallest absolute Gasteiger partial charge is 0.307 e. The number of esters is 1. The highest BCUT2D eigenvalue weighted by molar-refractivity contribution is 7.13. The van der Waals surface area contributed by atoms with Gasteiger partial charge in [0.2, 0.25) is 0 Å². The minimum Gasteiger partial charge on any atom is -0.461 e. The van der Waals surface area contributed by atoms with Crippen molar-refractivity contribution in [1.82, 2.24) is 10.2 Å². The first-order valence-corrected chi connectivity index (χ1v) is 9.88. The summed E-state index contributed by atoms with van der Waals surface area (Å²) < 4.78 is 30.4. The highest BCUT2D eigenvalue weighted by atomic mass is 32.1. The topological polar surface area (TPSA) is 78.4 Å². The van der Waals surface area contributed by atoms with Gasteiger partial charge in [0, 0.05) is 6.42 Å². The van der Waals surface area contributed by atoms with Crippen molar-refractivity contribution in [3.05, 3.63) is 71.4 Å². The van der Waals surface area contributed by atoms with Gasteiger partial charge in [-0.1, -0.05) is 18.2 Å². The van der Waals surface area contributed by atoms with Crippen LogP contribution < -0.4 is 0 Å². The van der Waals surface area contributed by atoms with Crippen molar-refractivity contribution in [2.24, 2.45) is 0 Å². The van der Waals surface area contributed by atoms with Gasteiger partial charge in [0.1, 0.15) is 17.3 Å². The molecule has 0 fully saturated rings. The summed E-state index contributed by atoms with van der Waals surface area (Å²) in [5, 5.41) is 9.83. The largest absolute Gasteiger partial charge is 0.461 e. The first-order valence-electron chi connectivity index (χ1n) is 9.00. The maximum absolute atomic E-state index is 13.8. The van der Waals surface area contributed by atoms with Crippen LogP contribution in [0.4, 0.5) is 4.39 Å². The molecule has 3 aromatic heterocycles. The third-order valence-corrected chi connectivity index (χ3v) is 5.06. The monoisotopic (exact) mass is 412 g/mol. The molecule has 29 heavy (non-hydrogen) atoms. The molecule has 1 unspecified atom stereocenters. The summed E-state index contributed by atoms with van der Waals surface area (Å²) in [6.45, 7) is 1.67. The van der Waals surface area contributed by atoms with Crippen LogP contribution in [-0.2, 0) is 16.0 Å². The molecule has 3 heterocycles. The quantitative estimate of drug-likeness (QED) is 0.377. The summed E-state index contributed by atoms with van der Waals surface area (Å²) in [7, 11) is 0. The van der Waals surface area contributed by atoms with Crippen LogP contribution in [0.1, 0.15) is 31.1 Å². The van der Waals surface area contributed by atoms with Gasteiger partial charge in [0.25, 0.3) is 11.8 Å². The third kappa shape index (κ3) is 4.43. The summed E-state index contributed by atoms with van der Waals surface area (Å²) in [6.07, 6.45) is -0.209. The molecule has 0 aliphatic rings. The average molecular weight is 412 g/mol. The van der Waals surface area contributed by atoms with Gasteiger partial charge >= 0.3 is 5.97 Å². The van der Waals surface area contributed by atoms with E-state index >= 15 is 0 Å². The van der Waals surface area contributed by atoms with Gasteiger partial charge in [-0.15, -0.1) is 21.5 Å². The number of aromatic nitrogens is 2. The molecule has 8 heteroatoms. The van der Waals surface area contributed by atoms with E-state index in [1.54, 1.807) is 37.3 Å². The molecule has 0 bridgehead atoms. The second kappa shape index (κ2) is 8.40. The molecular weight excluding hydrogens is 395 g/mol. The molecule has 4 rings (SSSR count). The summed E-state index contributed by atoms with van der Waals surface area (Å²) in [5.74, 6) is 0.855. The Morgan fingerprint density at radius 1 is 1.14 bits per heavy atom. The zero-order valence-corrected chi connectivity index (χ0v) is 16.3. The van der Waals surface area contributed by atoms with Gasteiger partial charge in [-0.2, -0.15) is 0 Å². The van der Waals surface area contributed by atoms with E-state index in [0.717, 1.165) is 4.88 Å². The number of nitrogens with zero attached hydrogens (tertiary/aromatic N) is 2. The molecule has 0 radical (unpaired) electrons. The summed E-state index contributed by atoms with van der Waals surface area (Å²) in [5.41, 5.74) is 0.382. The molecule has 0 N–H and O–H groups in total. The van der Waals surface area contributed by atoms with Crippen molar-refractivity contribution in [2.75, 3.05) is 0 Å². The van der Waals surface area contributed by atoms with E-state index in [2.05, 4.69) is 10.2 Å². The predicted octanol–water partition coefficient (Wildman–Crippen LogP) is 5.43. The van der Waals surface area contributed by atoms with Crippen LogP contribution >= 0.6 is 11.3 Å². The number of thiophene rings is 1. The molecule has 6 nitrogen and oxygen atoms in total. The van der Waals surface area contributed by atoms with Crippen molar-refractivity contribution in [1.29, 1.82) is 0 Å². The Morgan fingerprint density at radius 2 is 2.00 bits per heavy atom. The Hall–Kier alpha value is -3.26. The average Bonchev–Trinajstić information content (AvgIpc) is 3.48. The number of aryl methyl sites for hydroxylation is 1. The molecule has 148 valence electrons. The standard InChI is InChI=1S/C21H17FN2O4S/c1-13(20-23-24-21(28-20)18-7-4-12-29-18)26-19(25)11-9-14-8-10-17(27-14)15-5-2-3-6-16(15)22/h2-8,10,12-13H,9,11H2,1H3. The van der Waals surface area contributed by atoms with E-state index in [-0.39, 0.29) is 18.1 Å². The second-order valence-electron chi connectivity index (χ2n) is 6.30. The zero-order chi connectivity index (χ0) is 20.2. The Bertz CT molecular complexity index is 1100. The third-order valence-electron chi connectivity index (χ3n) is 4.21. The van der Waals surface area contributed by atoms with Gasteiger partial charge in [-0.05, 0) is 42.6 Å². The number of furan rings is 1. The van der Waals surface area contributed by atoms with Gasteiger partial charge in [0.05, 0.1) is 16.9 Å². The van der Waals surface area contributed by atoms with Crippen molar-refractivity contribution < 1.29 is 22.8 Å². The van der Waals surface area contributed by atoms with Gasteiger partial charge < -0.3 is 13.6 Å². The van der Waals surface area contributed by atoms with Gasteiger partial charge in [-0.25, -0.2) is 4.39 Å². The lowest BCUT2D eigenvalue weighted by molar-refractivity contribution is -0.149. The highest BCUT2D eigenvalue weighted by Gasteiger charge is 2.20. The van der Waals surface area contributed by atoms with Crippen molar-refractivity contribution in [3.8, 4) is 22.1 Å². The number of benzene rings is 1. The molecule has 0 aliphatic carbocycles. The highest BCUT2D eigenvalue weighted by Crippen LogP contribution is 2.27. The second-order valence-corrected chi connectivity index (χ2v) is 7.25. The predicted molar refractivity (Wildman–Crippen MR) is 105 cm³/mol. The number of rotatable bonds is 7. The molecule has 0 saturated heterocycles. The molecule has 0 amide bonds. The molecular formula is C21H17FN2O4S. The molecule has 1 aromatic carbocycles. The zero-order valence-electron chi connectivity index (χ0n) is 15.5. The SMILES string of the molecule is CC(OC(=O)CCc1ccc(-c2ccccc2F)o1)c1nnc(-c2cccs2)o1. The first-order chi connectivity index (χ1) is 14.1. The van der Waals surface area contributed by atoms with Crippen molar-refractivity contribution in [3.63, 3.8) is 0 Å². The van der Waals surface area contributed by atoms with E-state index in [0.29, 0.717) is 29.4 Å². The van der Waals surface area contributed by atoms with Crippen molar-refractivity contribution in [2.45, 2.75) is 25.9 Å². The van der Waals surface area contributed by atoms with Crippen LogP contribution in [0.2, 0.25) is 0 Å². The number of ether oxygens (including phenoxy) is 1. The molecule has 0 saturated carbocycles. The molecule has 4 aromatic rings.